The Labute approximate surface area is 135 Å². The van der Waals surface area contributed by atoms with Crippen LogP contribution in [0.2, 0.25) is 0 Å². The SMILES string of the molecule is CCNC(c1ccc(I)cc1)C1CCOC2(CCC2)C1. The summed E-state index contributed by atoms with van der Waals surface area (Å²) in [6.45, 7) is 4.18. The molecule has 1 N–H and O–H groups in total. The van der Waals surface area contributed by atoms with Crippen molar-refractivity contribution in [3.8, 4) is 0 Å². The first-order chi connectivity index (χ1) is 9.72. The molecule has 1 aliphatic carbocycles. The van der Waals surface area contributed by atoms with Crippen LogP contribution in [-0.2, 0) is 4.74 Å². The van der Waals surface area contributed by atoms with Crippen LogP contribution >= 0.6 is 22.6 Å². The Morgan fingerprint density at radius 2 is 2.10 bits per heavy atom. The van der Waals surface area contributed by atoms with E-state index in [-0.39, 0.29) is 5.60 Å². The van der Waals surface area contributed by atoms with Crippen molar-refractivity contribution in [2.75, 3.05) is 13.2 Å². The zero-order chi connectivity index (χ0) is 14.0. The van der Waals surface area contributed by atoms with E-state index in [0.29, 0.717) is 12.0 Å². The van der Waals surface area contributed by atoms with Gasteiger partial charge in [0.2, 0.25) is 0 Å². The summed E-state index contributed by atoms with van der Waals surface area (Å²) < 4.78 is 7.40. The van der Waals surface area contributed by atoms with Crippen LogP contribution in [0.3, 0.4) is 0 Å². The second-order valence-electron chi connectivity index (χ2n) is 6.22. The molecule has 2 atom stereocenters. The maximum absolute atomic E-state index is 6.09. The van der Waals surface area contributed by atoms with Crippen molar-refractivity contribution in [1.29, 1.82) is 0 Å². The van der Waals surface area contributed by atoms with Gasteiger partial charge in [-0.3, -0.25) is 0 Å². The van der Waals surface area contributed by atoms with Crippen molar-refractivity contribution in [3.63, 3.8) is 0 Å². The quantitative estimate of drug-likeness (QED) is 0.781. The summed E-state index contributed by atoms with van der Waals surface area (Å²) in [6, 6.07) is 9.51. The molecule has 3 heteroatoms. The van der Waals surface area contributed by atoms with Gasteiger partial charge in [-0.15, -0.1) is 0 Å². The van der Waals surface area contributed by atoms with Gasteiger partial charge < -0.3 is 10.1 Å². The van der Waals surface area contributed by atoms with Crippen LogP contribution in [0.25, 0.3) is 0 Å². The Bertz CT molecular complexity index is 441. The molecule has 2 aliphatic rings. The van der Waals surface area contributed by atoms with Crippen LogP contribution < -0.4 is 5.32 Å². The molecule has 0 amide bonds. The number of nitrogens with one attached hydrogen (secondary N) is 1. The molecule has 110 valence electrons. The maximum atomic E-state index is 6.09. The molecule has 1 saturated carbocycles. The molecule has 1 spiro atoms. The van der Waals surface area contributed by atoms with E-state index in [0.717, 1.165) is 13.2 Å². The highest BCUT2D eigenvalue weighted by molar-refractivity contribution is 14.1. The highest BCUT2D eigenvalue weighted by atomic mass is 127. The Hall–Kier alpha value is -0.130. The largest absolute Gasteiger partial charge is 0.375 e. The minimum absolute atomic E-state index is 0.236. The van der Waals surface area contributed by atoms with Crippen LogP contribution in [0.1, 0.15) is 50.6 Å². The van der Waals surface area contributed by atoms with E-state index < -0.39 is 0 Å². The molecule has 1 aromatic rings. The second-order valence-corrected chi connectivity index (χ2v) is 7.47. The first kappa shape index (κ1) is 14.8. The zero-order valence-corrected chi connectivity index (χ0v) is 14.4. The van der Waals surface area contributed by atoms with Gasteiger partial charge in [0.25, 0.3) is 0 Å². The number of ether oxygens (including phenoxy) is 1. The summed E-state index contributed by atoms with van der Waals surface area (Å²) in [4.78, 5) is 0. The average Bonchev–Trinajstić information content (AvgIpc) is 2.44. The molecular weight excluding hydrogens is 361 g/mol. The topological polar surface area (TPSA) is 21.3 Å². The predicted molar refractivity (Wildman–Crippen MR) is 90.8 cm³/mol. The molecular formula is C17H24INO. The predicted octanol–water partition coefficient (Wildman–Crippen LogP) is 4.29. The fourth-order valence-corrected chi connectivity index (χ4v) is 4.08. The summed E-state index contributed by atoms with van der Waals surface area (Å²) >= 11 is 2.38. The lowest BCUT2D eigenvalue weighted by atomic mass is 9.69. The third-order valence-electron chi connectivity index (χ3n) is 4.92. The van der Waals surface area contributed by atoms with Gasteiger partial charge in [-0.25, -0.2) is 0 Å². The molecule has 3 rings (SSSR count). The number of halogens is 1. The molecule has 1 heterocycles. The van der Waals surface area contributed by atoms with Crippen LogP contribution in [0, 0.1) is 9.49 Å². The molecule has 0 aromatic heterocycles. The monoisotopic (exact) mass is 385 g/mol. The van der Waals surface area contributed by atoms with Gasteiger partial charge in [-0.05, 0) is 84.9 Å². The van der Waals surface area contributed by atoms with E-state index in [2.05, 4.69) is 59.1 Å². The number of hydrogen-bond acceptors (Lipinski definition) is 2. The van der Waals surface area contributed by atoms with Gasteiger partial charge in [0.15, 0.2) is 0 Å². The first-order valence-electron chi connectivity index (χ1n) is 7.85. The number of hydrogen-bond donors (Lipinski definition) is 1. The molecule has 1 aromatic carbocycles. The van der Waals surface area contributed by atoms with E-state index in [9.17, 15) is 0 Å². The minimum atomic E-state index is 0.236. The summed E-state index contributed by atoms with van der Waals surface area (Å²) in [5, 5.41) is 3.72. The van der Waals surface area contributed by atoms with Gasteiger partial charge in [0.05, 0.1) is 5.60 Å². The smallest absolute Gasteiger partial charge is 0.0686 e. The standard InChI is InChI=1S/C17H24INO/c1-2-19-16(13-4-6-15(18)7-5-13)14-8-11-20-17(12-14)9-3-10-17/h4-7,14,16,19H,2-3,8-12H2,1H3. The van der Waals surface area contributed by atoms with E-state index in [4.69, 9.17) is 4.74 Å². The van der Waals surface area contributed by atoms with Gasteiger partial charge in [0.1, 0.15) is 0 Å². The van der Waals surface area contributed by atoms with Crippen molar-refractivity contribution >= 4 is 22.6 Å². The summed E-state index contributed by atoms with van der Waals surface area (Å²) in [7, 11) is 0. The van der Waals surface area contributed by atoms with E-state index in [1.54, 1.807) is 0 Å². The fourth-order valence-electron chi connectivity index (χ4n) is 3.72. The van der Waals surface area contributed by atoms with Crippen LogP contribution in [-0.4, -0.2) is 18.8 Å². The minimum Gasteiger partial charge on any atom is -0.375 e. The van der Waals surface area contributed by atoms with Crippen molar-refractivity contribution in [3.05, 3.63) is 33.4 Å². The molecule has 1 saturated heterocycles. The lowest BCUT2D eigenvalue weighted by molar-refractivity contribution is -0.147. The van der Waals surface area contributed by atoms with Crippen molar-refractivity contribution in [2.24, 2.45) is 5.92 Å². The van der Waals surface area contributed by atoms with E-state index in [1.165, 1.54) is 41.2 Å². The van der Waals surface area contributed by atoms with E-state index in [1.807, 2.05) is 0 Å². The second kappa shape index (κ2) is 6.32. The number of rotatable bonds is 4. The molecule has 1 aliphatic heterocycles. The van der Waals surface area contributed by atoms with Crippen molar-refractivity contribution in [2.45, 2.75) is 50.7 Å². The third-order valence-corrected chi connectivity index (χ3v) is 5.64. The van der Waals surface area contributed by atoms with Gasteiger partial charge in [-0.2, -0.15) is 0 Å². The summed E-state index contributed by atoms with van der Waals surface area (Å²) in [5.74, 6) is 0.712. The highest BCUT2D eigenvalue weighted by Crippen LogP contribution is 2.47. The molecule has 2 nitrogen and oxygen atoms in total. The van der Waals surface area contributed by atoms with Crippen LogP contribution in [0.15, 0.2) is 24.3 Å². The van der Waals surface area contributed by atoms with Crippen LogP contribution in [0.4, 0.5) is 0 Å². The molecule has 2 unspecified atom stereocenters. The van der Waals surface area contributed by atoms with Gasteiger partial charge in [0, 0.05) is 16.2 Å². The lowest BCUT2D eigenvalue weighted by Crippen LogP contribution is -2.48. The lowest BCUT2D eigenvalue weighted by Gasteiger charge is -2.49. The fraction of sp³-hybridized carbons (Fsp3) is 0.647. The van der Waals surface area contributed by atoms with Gasteiger partial charge >= 0.3 is 0 Å². The molecule has 0 bridgehead atoms. The Morgan fingerprint density at radius 3 is 2.70 bits per heavy atom. The Balaban J connectivity index is 1.77. The normalized spacial score (nSPS) is 26.2. The van der Waals surface area contributed by atoms with Crippen LogP contribution in [0.5, 0.6) is 0 Å². The third kappa shape index (κ3) is 3.04. The average molecular weight is 385 g/mol. The summed E-state index contributed by atoms with van der Waals surface area (Å²) in [5.41, 5.74) is 1.67. The van der Waals surface area contributed by atoms with Crippen molar-refractivity contribution in [1.82, 2.24) is 5.32 Å². The van der Waals surface area contributed by atoms with E-state index >= 15 is 0 Å². The highest BCUT2D eigenvalue weighted by Gasteiger charge is 2.44. The zero-order valence-electron chi connectivity index (χ0n) is 12.2. The maximum Gasteiger partial charge on any atom is 0.0686 e. The Morgan fingerprint density at radius 1 is 1.35 bits per heavy atom. The molecule has 2 fully saturated rings. The summed E-state index contributed by atoms with van der Waals surface area (Å²) in [6.07, 6.45) is 6.31. The van der Waals surface area contributed by atoms with Gasteiger partial charge in [-0.1, -0.05) is 19.1 Å². The van der Waals surface area contributed by atoms with Crippen molar-refractivity contribution < 1.29 is 4.74 Å². The number of benzene rings is 1. The first-order valence-corrected chi connectivity index (χ1v) is 8.93. The molecule has 0 radical (unpaired) electrons. The Kier molecular flexibility index (Phi) is 4.68. The molecule has 20 heavy (non-hydrogen) atoms.